The number of likely N-dealkylation sites (N-methyl/N-ethyl adjacent to an activating group) is 1. The van der Waals surface area contributed by atoms with Crippen LogP contribution in [0.5, 0.6) is 0 Å². The number of carbonyl (C=O) groups is 1. The number of piperidine rings is 1. The monoisotopic (exact) mass is 388 g/mol. The Morgan fingerprint density at radius 2 is 2.10 bits per heavy atom. The molecular formula is C22H24N6O. The summed E-state index contributed by atoms with van der Waals surface area (Å²) < 4.78 is 0. The van der Waals surface area contributed by atoms with Crippen molar-refractivity contribution in [2.24, 2.45) is 0 Å². The van der Waals surface area contributed by atoms with Crippen LogP contribution in [0.1, 0.15) is 29.6 Å². The van der Waals surface area contributed by atoms with Crippen molar-refractivity contribution in [3.05, 3.63) is 48.0 Å². The van der Waals surface area contributed by atoms with E-state index in [1.165, 1.54) is 12.8 Å². The average Bonchev–Trinajstić information content (AvgIpc) is 3.36. The van der Waals surface area contributed by atoms with Crippen LogP contribution in [0.4, 0.5) is 0 Å². The zero-order chi connectivity index (χ0) is 19.8. The zero-order valence-electron chi connectivity index (χ0n) is 16.4. The van der Waals surface area contributed by atoms with E-state index in [2.05, 4.69) is 37.4 Å². The van der Waals surface area contributed by atoms with Crippen molar-refractivity contribution < 1.29 is 4.79 Å². The van der Waals surface area contributed by atoms with E-state index in [-0.39, 0.29) is 5.91 Å². The molecule has 5 rings (SSSR count). The van der Waals surface area contributed by atoms with Crippen LogP contribution in [0.2, 0.25) is 0 Å². The molecule has 2 aromatic heterocycles. The molecule has 3 N–H and O–H groups in total. The number of imidazole rings is 1. The van der Waals surface area contributed by atoms with E-state index in [1.54, 1.807) is 0 Å². The van der Waals surface area contributed by atoms with Crippen molar-refractivity contribution in [3.8, 4) is 11.5 Å². The quantitative estimate of drug-likeness (QED) is 0.500. The number of para-hydroxylation sites is 2. The molecule has 0 saturated carbocycles. The number of likely N-dealkylation sites (tertiary alicyclic amines) is 1. The van der Waals surface area contributed by atoms with Crippen molar-refractivity contribution >= 4 is 27.8 Å². The normalized spacial score (nSPS) is 17.8. The largest absolute Gasteiger partial charge is 0.350 e. The maximum Gasteiger partial charge on any atom is 0.251 e. The Balaban J connectivity index is 1.41. The fourth-order valence-corrected chi connectivity index (χ4v) is 4.12. The van der Waals surface area contributed by atoms with Crippen molar-refractivity contribution in [2.75, 3.05) is 20.1 Å². The van der Waals surface area contributed by atoms with Crippen molar-refractivity contribution in [3.63, 3.8) is 0 Å². The molecule has 1 aliphatic rings. The van der Waals surface area contributed by atoms with Gasteiger partial charge >= 0.3 is 0 Å². The van der Waals surface area contributed by atoms with E-state index in [4.69, 9.17) is 0 Å². The predicted molar refractivity (Wildman–Crippen MR) is 114 cm³/mol. The minimum Gasteiger partial charge on any atom is -0.350 e. The van der Waals surface area contributed by atoms with E-state index < -0.39 is 0 Å². The molecule has 0 radical (unpaired) electrons. The molecule has 1 atom stereocenters. The summed E-state index contributed by atoms with van der Waals surface area (Å²) in [6.07, 6.45) is 3.60. The number of carbonyl (C=O) groups excluding carboxylic acids is 1. The Kier molecular flexibility index (Phi) is 4.52. The van der Waals surface area contributed by atoms with Gasteiger partial charge in [0.2, 0.25) is 0 Å². The van der Waals surface area contributed by atoms with E-state index in [9.17, 15) is 4.79 Å². The Hall–Kier alpha value is -3.19. The van der Waals surface area contributed by atoms with Crippen LogP contribution in [0.3, 0.4) is 0 Å². The van der Waals surface area contributed by atoms with Crippen molar-refractivity contribution in [2.45, 2.75) is 25.3 Å². The second-order valence-electron chi connectivity index (χ2n) is 7.78. The van der Waals surface area contributed by atoms with E-state index in [1.807, 2.05) is 42.5 Å². The number of fused-ring (bicyclic) bond motifs is 2. The van der Waals surface area contributed by atoms with Gasteiger partial charge in [-0.15, -0.1) is 0 Å². The SMILES string of the molecule is CN1CCCCC1CNC(=O)c1ccc2[nH]nc(-c3nc4ccccc4[nH]3)c2c1. The number of nitrogens with zero attached hydrogens (tertiary/aromatic N) is 3. The van der Waals surface area contributed by atoms with Gasteiger partial charge in [-0.2, -0.15) is 5.10 Å². The molecule has 7 heteroatoms. The second kappa shape index (κ2) is 7.33. The van der Waals surface area contributed by atoms with E-state index >= 15 is 0 Å². The lowest BCUT2D eigenvalue weighted by Crippen LogP contribution is -2.44. The lowest BCUT2D eigenvalue weighted by molar-refractivity contribution is 0.0928. The number of nitrogens with one attached hydrogen (secondary N) is 3. The minimum absolute atomic E-state index is 0.0531. The summed E-state index contributed by atoms with van der Waals surface area (Å²) >= 11 is 0. The molecule has 1 fully saturated rings. The molecule has 148 valence electrons. The molecule has 3 heterocycles. The third kappa shape index (κ3) is 3.38. The van der Waals surface area contributed by atoms with Gasteiger partial charge in [-0.3, -0.25) is 9.89 Å². The summed E-state index contributed by atoms with van der Waals surface area (Å²) in [5.41, 5.74) is 4.09. The van der Waals surface area contributed by atoms with E-state index in [0.29, 0.717) is 24.0 Å². The lowest BCUT2D eigenvalue weighted by Gasteiger charge is -2.32. The number of rotatable bonds is 4. The first-order valence-corrected chi connectivity index (χ1v) is 10.1. The van der Waals surface area contributed by atoms with Gasteiger partial charge in [0.25, 0.3) is 5.91 Å². The molecule has 1 amide bonds. The first kappa shape index (κ1) is 17.9. The summed E-state index contributed by atoms with van der Waals surface area (Å²) in [6, 6.07) is 13.9. The number of H-pyrrole nitrogens is 2. The highest BCUT2D eigenvalue weighted by Crippen LogP contribution is 2.27. The second-order valence-corrected chi connectivity index (χ2v) is 7.78. The lowest BCUT2D eigenvalue weighted by atomic mass is 10.0. The third-order valence-electron chi connectivity index (χ3n) is 5.86. The van der Waals surface area contributed by atoms with Crippen LogP contribution in [-0.2, 0) is 0 Å². The fraction of sp³-hybridized carbons (Fsp3) is 0.318. The number of benzene rings is 2. The summed E-state index contributed by atoms with van der Waals surface area (Å²) in [4.78, 5) is 23.1. The zero-order valence-corrected chi connectivity index (χ0v) is 16.4. The summed E-state index contributed by atoms with van der Waals surface area (Å²) in [5.74, 6) is 0.640. The van der Waals surface area contributed by atoms with Gasteiger partial charge in [-0.05, 0) is 56.8 Å². The molecule has 1 saturated heterocycles. The average molecular weight is 388 g/mol. The van der Waals surface area contributed by atoms with Gasteiger partial charge in [0.05, 0.1) is 16.6 Å². The molecule has 29 heavy (non-hydrogen) atoms. The first-order chi connectivity index (χ1) is 14.2. The number of hydrogen-bond donors (Lipinski definition) is 3. The van der Waals surface area contributed by atoms with Crippen molar-refractivity contribution in [1.82, 2.24) is 30.4 Å². The summed E-state index contributed by atoms with van der Waals surface area (Å²) in [7, 11) is 2.13. The highest BCUT2D eigenvalue weighted by Gasteiger charge is 2.20. The van der Waals surface area contributed by atoms with Crippen molar-refractivity contribution in [1.29, 1.82) is 0 Å². The van der Waals surface area contributed by atoms with Gasteiger partial charge in [0, 0.05) is 23.5 Å². The Labute approximate surface area is 168 Å². The number of aromatic amines is 2. The fourth-order valence-electron chi connectivity index (χ4n) is 4.12. The van der Waals surface area contributed by atoms with Gasteiger partial charge < -0.3 is 15.2 Å². The maximum absolute atomic E-state index is 12.8. The van der Waals surface area contributed by atoms with E-state index in [0.717, 1.165) is 40.6 Å². The first-order valence-electron chi connectivity index (χ1n) is 10.1. The van der Waals surface area contributed by atoms with Gasteiger partial charge in [0.15, 0.2) is 5.82 Å². The Bertz CT molecular complexity index is 1140. The third-order valence-corrected chi connectivity index (χ3v) is 5.86. The molecule has 0 bridgehead atoms. The highest BCUT2D eigenvalue weighted by molar-refractivity contribution is 6.01. The smallest absolute Gasteiger partial charge is 0.251 e. The molecule has 1 unspecified atom stereocenters. The molecule has 1 aliphatic heterocycles. The minimum atomic E-state index is -0.0531. The molecule has 0 spiro atoms. The van der Waals surface area contributed by atoms with Gasteiger partial charge in [-0.25, -0.2) is 4.98 Å². The standard InChI is InChI=1S/C22H24N6O/c1-28-11-5-4-6-15(28)13-23-22(29)14-9-10-17-16(12-14)20(27-26-17)21-24-18-7-2-3-8-19(18)25-21/h2-3,7-10,12,15H,4-6,11,13H2,1H3,(H,23,29)(H,24,25)(H,26,27). The van der Waals surface area contributed by atoms with Crippen LogP contribution in [0, 0.1) is 0 Å². The molecule has 0 aliphatic carbocycles. The number of aromatic nitrogens is 4. The summed E-state index contributed by atoms with van der Waals surface area (Å²) in [5, 5.41) is 11.5. The van der Waals surface area contributed by atoms with Gasteiger partial charge in [-0.1, -0.05) is 18.6 Å². The van der Waals surface area contributed by atoms with Gasteiger partial charge in [0.1, 0.15) is 5.69 Å². The molecule has 7 nitrogen and oxygen atoms in total. The summed E-state index contributed by atoms with van der Waals surface area (Å²) in [6.45, 7) is 1.78. The van der Waals surface area contributed by atoms with Crippen LogP contribution >= 0.6 is 0 Å². The molecule has 4 aromatic rings. The van der Waals surface area contributed by atoms with Crippen LogP contribution in [0.25, 0.3) is 33.5 Å². The molecular weight excluding hydrogens is 364 g/mol. The number of hydrogen-bond acceptors (Lipinski definition) is 4. The predicted octanol–water partition coefficient (Wildman–Crippen LogP) is 3.32. The van der Waals surface area contributed by atoms with Crippen LogP contribution in [0.15, 0.2) is 42.5 Å². The van der Waals surface area contributed by atoms with Crippen LogP contribution in [-0.4, -0.2) is 57.2 Å². The maximum atomic E-state index is 12.8. The Morgan fingerprint density at radius 3 is 2.97 bits per heavy atom. The highest BCUT2D eigenvalue weighted by atomic mass is 16.1. The van der Waals surface area contributed by atoms with Crippen LogP contribution < -0.4 is 5.32 Å². The molecule has 2 aromatic carbocycles. The number of amides is 1. The topological polar surface area (TPSA) is 89.7 Å². The Morgan fingerprint density at radius 1 is 1.21 bits per heavy atom.